The van der Waals surface area contributed by atoms with Crippen molar-refractivity contribution in [2.75, 3.05) is 63.8 Å². The first kappa shape index (κ1) is 80.6. The minimum absolute atomic E-state index is 0. The number of hydrogen-bond acceptors (Lipinski definition) is 20. The highest BCUT2D eigenvalue weighted by molar-refractivity contribution is 6.34. The van der Waals surface area contributed by atoms with Gasteiger partial charge in [-0.2, -0.15) is 0 Å². The molecule has 0 spiro atoms. The van der Waals surface area contributed by atoms with Gasteiger partial charge >= 0.3 is 18.0 Å². The number of alkyl carbamates (subject to hydrolysis) is 1. The topological polar surface area (TPSA) is 307 Å². The molecule has 14 atom stereocenters. The molecule has 4 saturated heterocycles. The molecule has 560 valence electrons. The van der Waals surface area contributed by atoms with Crippen molar-refractivity contribution in [3.8, 4) is 33.8 Å². The third kappa shape index (κ3) is 17.6. The smallest absolute Gasteiger partial charge is 0.409 e. The van der Waals surface area contributed by atoms with Gasteiger partial charge in [-0.05, 0) is 107 Å². The average Bonchev–Trinajstić information content (AvgIpc) is 1.57. The summed E-state index contributed by atoms with van der Waals surface area (Å²) in [5, 5.41) is 29.9. The van der Waals surface area contributed by atoms with E-state index in [1.807, 2.05) is 77.1 Å². The number of allylic oxidation sites excluding steroid dienone is 6. The number of ether oxygens (including phenoxy) is 10. The van der Waals surface area contributed by atoms with Gasteiger partial charge in [0.15, 0.2) is 17.3 Å². The molecule has 8 bridgehead atoms. The van der Waals surface area contributed by atoms with Crippen molar-refractivity contribution in [3.05, 3.63) is 142 Å². The number of hydrogen-bond donors (Lipinski definition) is 6. The quantitative estimate of drug-likeness (QED) is 0.0372. The second kappa shape index (κ2) is 32.5. The maximum absolute atomic E-state index is 14.4. The number of nitrogens with one attached hydrogen (secondary N) is 2. The number of carbonyl (C=O) groups excluding carboxylic acids is 5. The summed E-state index contributed by atoms with van der Waals surface area (Å²) in [6.07, 6.45) is 4.82. The molecular weight excluding hydrogens is 1360 g/mol. The van der Waals surface area contributed by atoms with E-state index in [4.69, 9.17) is 82.0 Å². The number of halogens is 2. The van der Waals surface area contributed by atoms with Crippen LogP contribution in [0.15, 0.2) is 121 Å². The Morgan fingerprint density at radius 3 is 1.39 bits per heavy atom. The molecule has 0 aliphatic carbocycles. The Morgan fingerprint density at radius 2 is 1.02 bits per heavy atom. The minimum atomic E-state index is -1.79. The number of nitrogen functional groups attached to an aromatic ring is 2. The Kier molecular flexibility index (Phi) is 25.4. The van der Waals surface area contributed by atoms with Crippen LogP contribution in [0.25, 0.3) is 22.3 Å². The summed E-state index contributed by atoms with van der Waals surface area (Å²) in [6.45, 7) is 22.2. The Bertz CT molecular complexity index is 3740. The number of anilines is 4. The molecule has 4 aromatic carbocycles. The van der Waals surface area contributed by atoms with Crippen molar-refractivity contribution in [2.45, 2.75) is 187 Å². The number of fused-ring (bicyclic) bond motifs is 10. The van der Waals surface area contributed by atoms with Crippen molar-refractivity contribution < 1.29 is 81.6 Å². The number of nitrogens with two attached hydrogens (primary N) is 2. The summed E-state index contributed by atoms with van der Waals surface area (Å²) >= 11 is 13.5. The molecule has 4 fully saturated rings. The van der Waals surface area contributed by atoms with E-state index in [1.54, 1.807) is 122 Å². The summed E-state index contributed by atoms with van der Waals surface area (Å²) in [7, 11) is 9.43. The van der Waals surface area contributed by atoms with Crippen LogP contribution in [0.1, 0.15) is 113 Å². The first-order chi connectivity index (χ1) is 48.0. The molecule has 0 unspecified atom stereocenters. The number of rotatable bonds is 10. The molecule has 103 heavy (non-hydrogen) atoms. The van der Waals surface area contributed by atoms with E-state index < -0.39 is 107 Å². The molecule has 23 nitrogen and oxygen atoms in total. The largest absolute Gasteiger partial charge is 0.496 e. The Labute approximate surface area is 614 Å². The fraction of sp³-hybridized carbons (Fsp3) is 0.500. The monoisotopic (exact) mass is 1460 g/mol. The summed E-state index contributed by atoms with van der Waals surface area (Å²) in [5.74, 6) is -2.10. The maximum atomic E-state index is 14.4. The molecular formula is C78H102Cl2N6O17. The highest BCUT2D eigenvalue weighted by atomic mass is 35.5. The Morgan fingerprint density at radius 1 is 0.631 bits per heavy atom. The number of benzene rings is 4. The normalized spacial score (nSPS) is 31.2. The first-order valence-electron chi connectivity index (χ1n) is 34.1. The van der Waals surface area contributed by atoms with E-state index in [-0.39, 0.29) is 56.7 Å². The molecule has 6 aliphatic rings. The maximum Gasteiger partial charge on any atom is 0.409 e. The minimum Gasteiger partial charge on any atom is -0.496 e. The van der Waals surface area contributed by atoms with Crippen molar-refractivity contribution >= 4 is 75.8 Å². The van der Waals surface area contributed by atoms with Crippen molar-refractivity contribution in [3.63, 3.8) is 0 Å². The van der Waals surface area contributed by atoms with Crippen molar-refractivity contribution in [1.29, 1.82) is 0 Å². The van der Waals surface area contributed by atoms with Crippen LogP contribution < -0.4 is 41.4 Å². The zero-order valence-corrected chi connectivity index (χ0v) is 62.5. The average molecular weight is 1470 g/mol. The number of nitrogens with zero attached hydrogens (tertiary/aromatic N) is 2. The van der Waals surface area contributed by atoms with Gasteiger partial charge in [0.05, 0.1) is 72.5 Å². The molecule has 10 rings (SSSR count). The number of aliphatic hydroxyl groups is 2. The van der Waals surface area contributed by atoms with E-state index in [1.165, 1.54) is 19.1 Å². The van der Waals surface area contributed by atoms with Crippen LogP contribution >= 0.6 is 23.2 Å². The van der Waals surface area contributed by atoms with Gasteiger partial charge < -0.3 is 84.2 Å². The number of esters is 2. The standard InChI is InChI=1S/C39H50ClN3O8.C38H48ClN3O9.CH4/c1-21(2)37(45)50-33-19-34(44)43(7)29-16-25(17-30(47-8)35(29)27-14-13-26(41)18-28(27)40)15-22(3)11-10-12-32(48-9)39(46)20-31(49-24(5)42-39)23(4)36-38(33,6)51-36;1-20(2)35(44)50-31-18-32(43)42(6)27-15-23(16-28(47-7)33(27)25-13-12-24(40)17-26(25)39)14-21(3)10-9-11-30(48-8)38(46)19-29(49-36(45)41-38)22(4)34-37(31,5)51-34;/h10-14,16-18,21,23,31-33,36,42,46H,5,15,19-20,41H2,1-4,6-9H3;9-13,15-17,20,22,29-31,34,46H,14,18-19,40H2,1-8H3,(H,41,45);1H4/b12-10+,22-11+;11-9+,21-10+;/t23-,31+,32-,33+,36+,38+,39+;22-,29+,30-,31+,34+,37+,38+;/m11./s1. The van der Waals surface area contributed by atoms with Crippen LogP contribution in [-0.2, 0) is 69.9 Å². The summed E-state index contributed by atoms with van der Waals surface area (Å²) in [6, 6.07) is 18.0. The Hall–Kier alpha value is -8.13. The van der Waals surface area contributed by atoms with E-state index in [2.05, 4.69) is 17.2 Å². The fourth-order valence-electron chi connectivity index (χ4n) is 14.0. The molecule has 0 aromatic heterocycles. The van der Waals surface area contributed by atoms with Gasteiger partial charge in [-0.25, -0.2) is 4.79 Å². The molecule has 0 radical (unpaired) electrons. The summed E-state index contributed by atoms with van der Waals surface area (Å²) in [4.78, 5) is 70.8. The van der Waals surface area contributed by atoms with Crippen molar-refractivity contribution in [1.82, 2.24) is 10.6 Å². The van der Waals surface area contributed by atoms with Crippen LogP contribution in [0.2, 0.25) is 10.0 Å². The van der Waals surface area contributed by atoms with Crippen molar-refractivity contribution in [2.24, 2.45) is 23.7 Å². The lowest BCUT2D eigenvalue weighted by Gasteiger charge is -2.44. The third-order valence-electron chi connectivity index (χ3n) is 20.1. The van der Waals surface area contributed by atoms with Crippen LogP contribution in [0.4, 0.5) is 27.5 Å². The van der Waals surface area contributed by atoms with Crippen LogP contribution in [0.3, 0.4) is 0 Å². The Balaban J connectivity index is 0.000000259. The zero-order chi connectivity index (χ0) is 74.8. The van der Waals surface area contributed by atoms with Crippen LogP contribution in [-0.4, -0.2) is 154 Å². The van der Waals surface area contributed by atoms with Gasteiger partial charge in [0, 0.05) is 86.6 Å². The number of amides is 3. The van der Waals surface area contributed by atoms with Crippen LogP contribution in [0.5, 0.6) is 11.5 Å². The predicted octanol–water partition coefficient (Wildman–Crippen LogP) is 12.1. The highest BCUT2D eigenvalue weighted by Crippen LogP contribution is 2.53. The van der Waals surface area contributed by atoms with E-state index in [0.717, 1.165) is 22.3 Å². The van der Waals surface area contributed by atoms with E-state index in [0.29, 0.717) is 79.4 Å². The number of methoxy groups -OCH3 is 4. The van der Waals surface area contributed by atoms with Crippen LogP contribution in [0, 0.1) is 23.7 Å². The lowest BCUT2D eigenvalue weighted by molar-refractivity contribution is -0.159. The zero-order valence-electron chi connectivity index (χ0n) is 60.9. The van der Waals surface area contributed by atoms with Gasteiger partial charge in [0.25, 0.3) is 0 Å². The van der Waals surface area contributed by atoms with Gasteiger partial charge in [-0.1, -0.05) is 132 Å². The number of epoxide rings is 2. The van der Waals surface area contributed by atoms with E-state index >= 15 is 0 Å². The van der Waals surface area contributed by atoms with E-state index in [9.17, 15) is 34.2 Å². The second-order valence-corrected chi connectivity index (χ2v) is 29.3. The van der Waals surface area contributed by atoms with Gasteiger partial charge in [-0.3, -0.25) is 24.5 Å². The molecule has 0 saturated carbocycles. The SMILES string of the molecule is C.C=C1N[C@]2(O)C[C@H](O1)[C@@H](C)[C@@H]1O[C@@]1(C)[C@@H](OC(=O)C(C)C)CC(=O)N(C)c1cc(cc(OC)c1-c1ccc(N)cc1Cl)C/C(C)=C/C=C/[C@H]2OC.COc1cc2cc(c1-c1ccc(N)cc1Cl)N(C)C(=O)C[C@H](OC(=O)C(C)C)[C@]1(C)O[C@H]1[C@H](C)[C@@H]1C[C@@](O)(NC(=O)O1)[C@H](OC)/C=C/C=C(\C)C2. The molecule has 4 aromatic rings. The lowest BCUT2D eigenvalue weighted by Crippen LogP contribution is -2.63. The predicted molar refractivity (Wildman–Crippen MR) is 397 cm³/mol. The number of carbonyl (C=O) groups is 5. The molecule has 6 aliphatic heterocycles. The first-order valence-corrected chi connectivity index (χ1v) is 34.9. The summed E-state index contributed by atoms with van der Waals surface area (Å²) in [5.41, 5.74) is 14.7. The third-order valence-corrected chi connectivity index (χ3v) is 20.7. The molecule has 25 heteroatoms. The molecule has 3 amide bonds. The van der Waals surface area contributed by atoms with Gasteiger partial charge in [-0.15, -0.1) is 0 Å². The van der Waals surface area contributed by atoms with Gasteiger partial charge in [0.1, 0.15) is 59.3 Å². The highest BCUT2D eigenvalue weighted by Gasteiger charge is 2.66. The summed E-state index contributed by atoms with van der Waals surface area (Å²) < 4.78 is 59.7. The fourth-order valence-corrected chi connectivity index (χ4v) is 14.6. The molecule has 6 heterocycles. The lowest BCUT2D eigenvalue weighted by atomic mass is 9.83. The van der Waals surface area contributed by atoms with Gasteiger partial charge in [0.2, 0.25) is 11.8 Å². The second-order valence-electron chi connectivity index (χ2n) is 28.5. The molecule has 8 N–H and O–H groups in total.